The van der Waals surface area contributed by atoms with Crippen molar-refractivity contribution in [2.24, 2.45) is 11.8 Å². The summed E-state index contributed by atoms with van der Waals surface area (Å²) in [5, 5.41) is 2.75. The molecule has 0 unspecified atom stereocenters. The molecule has 164 valence electrons. The summed E-state index contributed by atoms with van der Waals surface area (Å²) in [4.78, 5) is 51.1. The van der Waals surface area contributed by atoms with Crippen molar-refractivity contribution in [3.63, 3.8) is 0 Å². The van der Waals surface area contributed by atoms with Crippen LogP contribution in [0.2, 0.25) is 0 Å². The van der Waals surface area contributed by atoms with E-state index in [1.165, 1.54) is 17.0 Å². The lowest BCUT2D eigenvalue weighted by molar-refractivity contribution is -0.122. The van der Waals surface area contributed by atoms with Gasteiger partial charge in [-0.25, -0.2) is 4.79 Å². The summed E-state index contributed by atoms with van der Waals surface area (Å²) in [6.45, 7) is 1.57. The molecule has 1 aliphatic heterocycles. The smallest absolute Gasteiger partial charge is 0.338 e. The van der Waals surface area contributed by atoms with Gasteiger partial charge < -0.3 is 10.1 Å². The number of rotatable bonds is 6. The number of anilines is 2. The standard InChI is InChI=1S/C25H24N2O5/c1-2-16-7-3-6-10-21(16)26-22(28)15-32-25(31)17-11-13-18(14-12-17)27-23(29)19-8-4-5-9-20(19)24(27)30/h3-7,10-14,19-20H,2,8-9,15H2,1H3,(H,26,28)/t19-,20-/m1/s1. The first-order chi connectivity index (χ1) is 15.5. The van der Waals surface area contributed by atoms with Crippen molar-refractivity contribution in [2.45, 2.75) is 26.2 Å². The van der Waals surface area contributed by atoms with Gasteiger partial charge in [-0.15, -0.1) is 0 Å². The fourth-order valence-electron chi connectivity index (χ4n) is 4.15. The highest BCUT2D eigenvalue weighted by atomic mass is 16.5. The third kappa shape index (κ3) is 4.19. The Morgan fingerprint density at radius 3 is 2.22 bits per heavy atom. The number of carbonyl (C=O) groups excluding carboxylic acids is 4. The molecular weight excluding hydrogens is 408 g/mol. The molecule has 7 nitrogen and oxygen atoms in total. The van der Waals surface area contributed by atoms with Gasteiger partial charge in [0, 0.05) is 5.69 Å². The molecule has 1 aliphatic carbocycles. The van der Waals surface area contributed by atoms with Gasteiger partial charge in [0.15, 0.2) is 6.61 Å². The third-order valence-corrected chi connectivity index (χ3v) is 5.88. The Kier molecular flexibility index (Phi) is 6.16. The summed E-state index contributed by atoms with van der Waals surface area (Å²) in [6, 6.07) is 13.5. The summed E-state index contributed by atoms with van der Waals surface area (Å²) in [5.74, 6) is -2.12. The van der Waals surface area contributed by atoms with Crippen LogP contribution in [0.15, 0.2) is 60.7 Å². The monoisotopic (exact) mass is 432 g/mol. The number of nitrogens with zero attached hydrogens (tertiary/aromatic N) is 1. The van der Waals surface area contributed by atoms with Crippen molar-refractivity contribution >= 4 is 35.1 Å². The number of hydrogen-bond donors (Lipinski definition) is 1. The second kappa shape index (κ2) is 9.18. The molecule has 1 heterocycles. The molecule has 2 aliphatic rings. The predicted octanol–water partition coefficient (Wildman–Crippen LogP) is 3.50. The highest BCUT2D eigenvalue weighted by molar-refractivity contribution is 6.22. The molecule has 4 rings (SSSR count). The van der Waals surface area contributed by atoms with Gasteiger partial charge in [-0.3, -0.25) is 19.3 Å². The SMILES string of the molecule is CCc1ccccc1NC(=O)COC(=O)c1ccc(N2C(=O)[C@@H]3CC=CC[C@H]3C2=O)cc1. The van der Waals surface area contributed by atoms with Crippen LogP contribution in [0.1, 0.15) is 35.7 Å². The van der Waals surface area contributed by atoms with Crippen LogP contribution < -0.4 is 10.2 Å². The summed E-state index contributed by atoms with van der Waals surface area (Å²) < 4.78 is 5.11. The minimum Gasteiger partial charge on any atom is -0.452 e. The van der Waals surface area contributed by atoms with Crippen molar-refractivity contribution in [1.29, 1.82) is 0 Å². The van der Waals surface area contributed by atoms with Crippen LogP contribution in [0.25, 0.3) is 0 Å². The van der Waals surface area contributed by atoms with Crippen LogP contribution in [-0.4, -0.2) is 30.3 Å². The molecule has 32 heavy (non-hydrogen) atoms. The highest BCUT2D eigenvalue weighted by Crippen LogP contribution is 2.37. The second-order valence-corrected chi connectivity index (χ2v) is 7.85. The molecule has 1 saturated heterocycles. The Balaban J connectivity index is 1.36. The van der Waals surface area contributed by atoms with Gasteiger partial charge in [-0.2, -0.15) is 0 Å². The average Bonchev–Trinajstić information content (AvgIpc) is 3.08. The van der Waals surface area contributed by atoms with Gasteiger partial charge in [0.1, 0.15) is 0 Å². The predicted molar refractivity (Wildman–Crippen MR) is 119 cm³/mol. The van der Waals surface area contributed by atoms with Gasteiger partial charge in [0.25, 0.3) is 5.91 Å². The Labute approximate surface area is 186 Å². The number of aryl methyl sites for hydroxylation is 1. The number of nitrogens with one attached hydrogen (secondary N) is 1. The number of esters is 1. The number of allylic oxidation sites excluding steroid dienone is 2. The molecule has 1 fully saturated rings. The van der Waals surface area contributed by atoms with Crippen molar-refractivity contribution in [3.05, 3.63) is 71.8 Å². The summed E-state index contributed by atoms with van der Waals surface area (Å²) in [6.07, 6.45) is 5.78. The first-order valence-electron chi connectivity index (χ1n) is 10.7. The lowest BCUT2D eigenvalue weighted by atomic mass is 9.85. The molecule has 0 bridgehead atoms. The number of imide groups is 1. The zero-order valence-corrected chi connectivity index (χ0v) is 17.7. The fourth-order valence-corrected chi connectivity index (χ4v) is 4.15. The number of para-hydroxylation sites is 1. The van der Waals surface area contributed by atoms with E-state index >= 15 is 0 Å². The van der Waals surface area contributed by atoms with Crippen LogP contribution in [0.5, 0.6) is 0 Å². The quantitative estimate of drug-likeness (QED) is 0.428. The maximum absolute atomic E-state index is 12.7. The number of carbonyl (C=O) groups is 4. The second-order valence-electron chi connectivity index (χ2n) is 7.85. The first-order valence-corrected chi connectivity index (χ1v) is 10.7. The molecule has 0 spiro atoms. The van der Waals surface area contributed by atoms with Crippen molar-refractivity contribution in [3.8, 4) is 0 Å². The zero-order chi connectivity index (χ0) is 22.7. The zero-order valence-electron chi connectivity index (χ0n) is 17.7. The normalized spacial score (nSPS) is 19.6. The van der Waals surface area contributed by atoms with Gasteiger partial charge in [-0.05, 0) is 55.2 Å². The molecule has 2 atom stereocenters. The molecule has 7 heteroatoms. The lowest BCUT2D eigenvalue weighted by Gasteiger charge is -2.15. The van der Waals surface area contributed by atoms with Crippen molar-refractivity contribution in [2.75, 3.05) is 16.8 Å². The minimum atomic E-state index is -0.660. The van der Waals surface area contributed by atoms with E-state index in [9.17, 15) is 19.2 Å². The summed E-state index contributed by atoms with van der Waals surface area (Å²) in [5.41, 5.74) is 2.34. The van der Waals surface area contributed by atoms with Crippen molar-refractivity contribution in [1.82, 2.24) is 0 Å². The third-order valence-electron chi connectivity index (χ3n) is 5.88. The topological polar surface area (TPSA) is 92.8 Å². The molecule has 2 aromatic carbocycles. The molecule has 0 radical (unpaired) electrons. The summed E-state index contributed by atoms with van der Waals surface area (Å²) >= 11 is 0. The van der Waals surface area contributed by atoms with E-state index in [0.717, 1.165) is 12.0 Å². The number of hydrogen-bond acceptors (Lipinski definition) is 5. The Bertz CT molecular complexity index is 1060. The minimum absolute atomic E-state index is 0.205. The van der Waals surface area contributed by atoms with Gasteiger partial charge in [0.05, 0.1) is 23.1 Å². The summed E-state index contributed by atoms with van der Waals surface area (Å²) in [7, 11) is 0. The highest BCUT2D eigenvalue weighted by Gasteiger charge is 2.47. The van der Waals surface area contributed by atoms with E-state index in [2.05, 4.69) is 5.32 Å². The van der Waals surface area contributed by atoms with E-state index in [1.807, 2.05) is 37.3 Å². The van der Waals surface area contributed by atoms with Gasteiger partial charge in [0.2, 0.25) is 11.8 Å². The van der Waals surface area contributed by atoms with Crippen LogP contribution >= 0.6 is 0 Å². The van der Waals surface area contributed by atoms with E-state index in [1.54, 1.807) is 18.2 Å². The van der Waals surface area contributed by atoms with Gasteiger partial charge >= 0.3 is 5.97 Å². The molecule has 3 amide bonds. The van der Waals surface area contributed by atoms with Crippen LogP contribution in [0, 0.1) is 11.8 Å². The molecule has 1 N–H and O–H groups in total. The van der Waals surface area contributed by atoms with Crippen LogP contribution in [0.3, 0.4) is 0 Å². The maximum atomic E-state index is 12.7. The largest absolute Gasteiger partial charge is 0.452 e. The number of amides is 3. The van der Waals surface area contributed by atoms with E-state index < -0.39 is 18.5 Å². The van der Waals surface area contributed by atoms with E-state index in [4.69, 9.17) is 4.74 Å². The Hall–Kier alpha value is -3.74. The van der Waals surface area contributed by atoms with E-state index in [0.29, 0.717) is 24.2 Å². The molecule has 2 aromatic rings. The lowest BCUT2D eigenvalue weighted by Crippen LogP contribution is -2.30. The molecular formula is C25H24N2O5. The Morgan fingerprint density at radius 1 is 0.969 bits per heavy atom. The van der Waals surface area contributed by atoms with Gasteiger partial charge in [-0.1, -0.05) is 37.3 Å². The first kappa shape index (κ1) is 21.5. The maximum Gasteiger partial charge on any atom is 0.338 e. The van der Waals surface area contributed by atoms with Crippen LogP contribution in [-0.2, 0) is 25.5 Å². The Morgan fingerprint density at radius 2 is 1.59 bits per heavy atom. The number of benzene rings is 2. The number of ether oxygens (including phenoxy) is 1. The molecule has 0 saturated carbocycles. The van der Waals surface area contributed by atoms with E-state index in [-0.39, 0.29) is 29.2 Å². The van der Waals surface area contributed by atoms with Crippen LogP contribution in [0.4, 0.5) is 11.4 Å². The average molecular weight is 432 g/mol. The molecule has 0 aromatic heterocycles. The van der Waals surface area contributed by atoms with Crippen molar-refractivity contribution < 1.29 is 23.9 Å². The number of fused-ring (bicyclic) bond motifs is 1. The fraction of sp³-hybridized carbons (Fsp3) is 0.280.